The van der Waals surface area contributed by atoms with Gasteiger partial charge in [0, 0.05) is 26.2 Å². The second-order valence-electron chi connectivity index (χ2n) is 5.27. The van der Waals surface area contributed by atoms with Crippen LogP contribution >= 0.6 is 22.9 Å². The van der Waals surface area contributed by atoms with E-state index in [0.717, 1.165) is 17.8 Å². The average molecular weight is 365 g/mol. The molecule has 0 bridgehead atoms. The number of carbonyl (C=O) groups is 1. The van der Waals surface area contributed by atoms with Crippen molar-refractivity contribution in [1.29, 1.82) is 0 Å². The van der Waals surface area contributed by atoms with Gasteiger partial charge in [0.25, 0.3) is 10.0 Å². The number of thiophene rings is 1. The van der Waals surface area contributed by atoms with Crippen LogP contribution < -0.4 is 0 Å². The Kier molecular flexibility index (Phi) is 5.87. The number of sulfonamides is 1. The zero-order valence-corrected chi connectivity index (χ0v) is 15.2. The molecular weight excluding hydrogens is 344 g/mol. The fourth-order valence-corrected chi connectivity index (χ4v) is 5.88. The standard InChI is InChI=1S/C14H21ClN2O3S2/c1-3-16(4-2)14(18)11-6-5-9-17(10-11)22(19,20)13-8-7-12(15)21-13/h7-8,11H,3-6,9-10H2,1-2H3. The molecule has 1 aliphatic heterocycles. The average Bonchev–Trinajstić information content (AvgIpc) is 2.96. The van der Waals surface area contributed by atoms with Gasteiger partial charge in [-0.25, -0.2) is 8.42 Å². The smallest absolute Gasteiger partial charge is 0.252 e. The highest BCUT2D eigenvalue weighted by atomic mass is 35.5. The van der Waals surface area contributed by atoms with E-state index in [2.05, 4.69) is 0 Å². The molecular formula is C14H21ClN2O3S2. The second kappa shape index (κ2) is 7.29. The summed E-state index contributed by atoms with van der Waals surface area (Å²) in [5.74, 6) is -0.201. The number of hydrogen-bond donors (Lipinski definition) is 0. The number of carbonyl (C=O) groups excluding carboxylic acids is 1. The van der Waals surface area contributed by atoms with Gasteiger partial charge >= 0.3 is 0 Å². The number of hydrogen-bond acceptors (Lipinski definition) is 4. The van der Waals surface area contributed by atoms with Gasteiger partial charge in [0.05, 0.1) is 10.3 Å². The number of rotatable bonds is 5. The lowest BCUT2D eigenvalue weighted by Crippen LogP contribution is -2.46. The molecule has 1 aromatic rings. The van der Waals surface area contributed by atoms with Gasteiger partial charge in [-0.2, -0.15) is 4.31 Å². The lowest BCUT2D eigenvalue weighted by molar-refractivity contribution is -0.136. The molecule has 8 heteroatoms. The molecule has 0 saturated carbocycles. The molecule has 1 saturated heterocycles. The highest BCUT2D eigenvalue weighted by molar-refractivity contribution is 7.91. The van der Waals surface area contributed by atoms with Crippen molar-refractivity contribution in [2.24, 2.45) is 5.92 Å². The minimum atomic E-state index is -3.55. The Morgan fingerprint density at radius 1 is 1.41 bits per heavy atom. The first-order chi connectivity index (χ1) is 10.4. The minimum absolute atomic E-state index is 0.0501. The summed E-state index contributed by atoms with van der Waals surface area (Å²) in [5, 5.41) is 0. The monoisotopic (exact) mass is 364 g/mol. The summed E-state index contributed by atoms with van der Waals surface area (Å²) in [6, 6.07) is 3.11. The Labute approximate surface area is 140 Å². The van der Waals surface area contributed by atoms with Crippen LogP contribution in [0.15, 0.2) is 16.3 Å². The highest BCUT2D eigenvalue weighted by Crippen LogP contribution is 2.31. The van der Waals surface area contributed by atoms with Crippen LogP contribution in [0.1, 0.15) is 26.7 Å². The van der Waals surface area contributed by atoms with E-state index in [-0.39, 0.29) is 22.6 Å². The normalized spacial score (nSPS) is 20.0. The van der Waals surface area contributed by atoms with Gasteiger partial charge in [0.1, 0.15) is 4.21 Å². The molecule has 22 heavy (non-hydrogen) atoms. The maximum absolute atomic E-state index is 12.6. The molecule has 0 radical (unpaired) electrons. The van der Waals surface area contributed by atoms with Crippen LogP contribution in [-0.2, 0) is 14.8 Å². The molecule has 0 spiro atoms. The molecule has 0 aliphatic carbocycles. The highest BCUT2D eigenvalue weighted by Gasteiger charge is 2.35. The van der Waals surface area contributed by atoms with E-state index in [9.17, 15) is 13.2 Å². The third-order valence-corrected chi connectivity index (χ3v) is 7.51. The van der Waals surface area contributed by atoms with Crippen LogP contribution in [0.2, 0.25) is 4.34 Å². The first-order valence-corrected chi connectivity index (χ1v) is 10.1. The van der Waals surface area contributed by atoms with Crippen molar-refractivity contribution >= 4 is 38.9 Å². The predicted molar refractivity (Wildman–Crippen MR) is 88.7 cm³/mol. The number of halogens is 1. The third-order valence-electron chi connectivity index (χ3n) is 3.95. The molecule has 1 aromatic heterocycles. The van der Waals surface area contributed by atoms with Gasteiger partial charge in [-0.05, 0) is 38.8 Å². The Morgan fingerprint density at radius 3 is 2.64 bits per heavy atom. The van der Waals surface area contributed by atoms with E-state index in [1.165, 1.54) is 10.4 Å². The first-order valence-electron chi connectivity index (χ1n) is 7.44. The van der Waals surface area contributed by atoms with E-state index >= 15 is 0 Å². The van der Waals surface area contributed by atoms with Crippen molar-refractivity contribution in [1.82, 2.24) is 9.21 Å². The molecule has 0 N–H and O–H groups in total. The molecule has 124 valence electrons. The van der Waals surface area contributed by atoms with E-state index < -0.39 is 10.0 Å². The van der Waals surface area contributed by atoms with Crippen molar-refractivity contribution in [2.75, 3.05) is 26.2 Å². The van der Waals surface area contributed by atoms with Crippen molar-refractivity contribution in [3.05, 3.63) is 16.5 Å². The van der Waals surface area contributed by atoms with Crippen LogP contribution in [0.5, 0.6) is 0 Å². The summed E-state index contributed by atoms with van der Waals surface area (Å²) in [7, 11) is -3.55. The molecule has 1 atom stereocenters. The van der Waals surface area contributed by atoms with E-state index in [1.807, 2.05) is 13.8 Å². The summed E-state index contributed by atoms with van der Waals surface area (Å²) >= 11 is 6.89. The van der Waals surface area contributed by atoms with Crippen LogP contribution in [-0.4, -0.2) is 49.7 Å². The second-order valence-corrected chi connectivity index (χ2v) is 9.15. The topological polar surface area (TPSA) is 57.7 Å². The Bertz CT molecular complexity index is 626. The van der Waals surface area contributed by atoms with E-state index in [1.54, 1.807) is 11.0 Å². The quantitative estimate of drug-likeness (QED) is 0.807. The summed E-state index contributed by atoms with van der Waals surface area (Å²) in [6.45, 7) is 5.89. The van der Waals surface area contributed by atoms with E-state index in [4.69, 9.17) is 11.6 Å². The fourth-order valence-electron chi connectivity index (χ4n) is 2.72. The van der Waals surface area contributed by atoms with Gasteiger partial charge in [0.2, 0.25) is 5.91 Å². The minimum Gasteiger partial charge on any atom is -0.343 e. The maximum Gasteiger partial charge on any atom is 0.252 e. The number of amides is 1. The van der Waals surface area contributed by atoms with Crippen LogP contribution in [0.3, 0.4) is 0 Å². The Balaban J connectivity index is 2.15. The van der Waals surface area contributed by atoms with Crippen molar-refractivity contribution < 1.29 is 13.2 Å². The zero-order chi connectivity index (χ0) is 16.3. The van der Waals surface area contributed by atoms with Gasteiger partial charge < -0.3 is 4.90 Å². The molecule has 1 unspecified atom stereocenters. The van der Waals surface area contributed by atoms with Crippen LogP contribution in [0.4, 0.5) is 0 Å². The Hall–Kier alpha value is -0.630. The van der Waals surface area contributed by atoms with Crippen molar-refractivity contribution in [3.63, 3.8) is 0 Å². The van der Waals surface area contributed by atoms with Crippen LogP contribution in [0.25, 0.3) is 0 Å². The molecule has 1 aliphatic rings. The molecule has 2 rings (SSSR count). The number of piperidine rings is 1. The summed E-state index contributed by atoms with van der Waals surface area (Å²) in [6.07, 6.45) is 1.45. The third kappa shape index (κ3) is 3.64. The first kappa shape index (κ1) is 17.7. The fraction of sp³-hybridized carbons (Fsp3) is 0.643. The summed E-state index contributed by atoms with van der Waals surface area (Å²) < 4.78 is 27.4. The van der Waals surface area contributed by atoms with Gasteiger partial charge in [0.15, 0.2) is 0 Å². The van der Waals surface area contributed by atoms with Gasteiger partial charge in [-0.1, -0.05) is 11.6 Å². The number of nitrogens with zero attached hydrogens (tertiary/aromatic N) is 2. The predicted octanol–water partition coefficient (Wildman–Crippen LogP) is 2.67. The lowest BCUT2D eigenvalue weighted by Gasteiger charge is -2.33. The molecule has 1 amide bonds. The van der Waals surface area contributed by atoms with Gasteiger partial charge in [-0.15, -0.1) is 11.3 Å². The zero-order valence-electron chi connectivity index (χ0n) is 12.8. The molecule has 2 heterocycles. The van der Waals surface area contributed by atoms with Crippen LogP contribution in [0, 0.1) is 5.92 Å². The SMILES string of the molecule is CCN(CC)C(=O)C1CCCN(S(=O)(=O)c2ccc(Cl)s2)C1. The van der Waals surface area contributed by atoms with Crippen molar-refractivity contribution in [3.8, 4) is 0 Å². The Morgan fingerprint density at radius 2 is 2.09 bits per heavy atom. The van der Waals surface area contributed by atoms with Crippen molar-refractivity contribution in [2.45, 2.75) is 30.9 Å². The summed E-state index contributed by atoms with van der Waals surface area (Å²) in [5.41, 5.74) is 0. The lowest BCUT2D eigenvalue weighted by atomic mass is 9.98. The molecule has 0 aromatic carbocycles. The van der Waals surface area contributed by atoms with Gasteiger partial charge in [-0.3, -0.25) is 4.79 Å². The maximum atomic E-state index is 12.6. The van der Waals surface area contributed by atoms with E-state index in [0.29, 0.717) is 30.4 Å². The molecule has 1 fully saturated rings. The largest absolute Gasteiger partial charge is 0.343 e. The molecule has 5 nitrogen and oxygen atoms in total. The summed E-state index contributed by atoms with van der Waals surface area (Å²) in [4.78, 5) is 14.2.